The summed E-state index contributed by atoms with van der Waals surface area (Å²) in [6, 6.07) is 7.72. The first-order valence-electron chi connectivity index (χ1n) is 9.29. The maximum Gasteiger partial charge on any atom is 0.274 e. The molecular formula is C21H26N4O3. The zero-order chi connectivity index (χ0) is 20.3. The Kier molecular flexibility index (Phi) is 5.82. The van der Waals surface area contributed by atoms with Crippen LogP contribution in [0.4, 0.5) is 0 Å². The van der Waals surface area contributed by atoms with E-state index in [1.54, 1.807) is 11.6 Å². The molecule has 7 nitrogen and oxygen atoms in total. The minimum Gasteiger partial charge on any atom is -0.489 e. The molecule has 0 aliphatic carbocycles. The lowest BCUT2D eigenvalue weighted by Gasteiger charge is -2.14. The van der Waals surface area contributed by atoms with Crippen LogP contribution in [0.15, 0.2) is 35.0 Å². The van der Waals surface area contributed by atoms with Gasteiger partial charge in [0.15, 0.2) is 5.69 Å². The summed E-state index contributed by atoms with van der Waals surface area (Å²) >= 11 is 0. The van der Waals surface area contributed by atoms with Gasteiger partial charge in [-0.15, -0.1) is 0 Å². The molecule has 2 aromatic heterocycles. The number of aromatic nitrogens is 3. The van der Waals surface area contributed by atoms with E-state index >= 15 is 0 Å². The average molecular weight is 382 g/mol. The first-order chi connectivity index (χ1) is 13.3. The lowest BCUT2D eigenvalue weighted by molar-refractivity contribution is 0.0924. The van der Waals surface area contributed by atoms with Gasteiger partial charge in [0.25, 0.3) is 5.91 Å². The molecule has 1 aromatic carbocycles. The molecule has 0 bridgehead atoms. The quantitative estimate of drug-likeness (QED) is 0.676. The summed E-state index contributed by atoms with van der Waals surface area (Å²) in [6.45, 7) is 10.5. The van der Waals surface area contributed by atoms with E-state index in [1.807, 2.05) is 51.2 Å². The normalized spacial score (nSPS) is 12.0. The molecule has 1 unspecified atom stereocenters. The lowest BCUT2D eigenvalue weighted by atomic mass is 10.1. The van der Waals surface area contributed by atoms with Crippen LogP contribution < -0.4 is 10.1 Å². The van der Waals surface area contributed by atoms with Crippen LogP contribution >= 0.6 is 0 Å². The molecule has 0 radical (unpaired) electrons. The maximum atomic E-state index is 12.7. The first kappa shape index (κ1) is 19.7. The smallest absolute Gasteiger partial charge is 0.274 e. The zero-order valence-electron chi connectivity index (χ0n) is 16.9. The Bertz CT molecular complexity index is 974. The molecule has 3 rings (SSSR count). The number of carbonyl (C=O) groups excluding carboxylic acids is 1. The van der Waals surface area contributed by atoms with E-state index in [4.69, 9.17) is 9.26 Å². The Morgan fingerprint density at radius 3 is 2.68 bits per heavy atom. The van der Waals surface area contributed by atoms with Crippen molar-refractivity contribution in [1.29, 1.82) is 0 Å². The van der Waals surface area contributed by atoms with Crippen LogP contribution in [0.3, 0.4) is 0 Å². The van der Waals surface area contributed by atoms with Crippen molar-refractivity contribution in [1.82, 2.24) is 20.3 Å². The third-order valence-corrected chi connectivity index (χ3v) is 4.67. The Hall–Kier alpha value is -3.09. The Labute approximate surface area is 164 Å². The molecule has 1 N–H and O–H groups in total. The van der Waals surface area contributed by atoms with Crippen LogP contribution in [0.2, 0.25) is 0 Å². The highest BCUT2D eigenvalue weighted by Gasteiger charge is 2.22. The maximum absolute atomic E-state index is 12.7. The number of rotatable bonds is 7. The Morgan fingerprint density at radius 2 is 2.00 bits per heavy atom. The van der Waals surface area contributed by atoms with Crippen molar-refractivity contribution in [3.05, 3.63) is 64.3 Å². The fourth-order valence-corrected chi connectivity index (χ4v) is 2.88. The second-order valence-corrected chi connectivity index (χ2v) is 7.15. The van der Waals surface area contributed by atoms with Gasteiger partial charge in [0.05, 0.1) is 17.8 Å². The van der Waals surface area contributed by atoms with Gasteiger partial charge in [-0.2, -0.15) is 5.10 Å². The second kappa shape index (κ2) is 8.29. The summed E-state index contributed by atoms with van der Waals surface area (Å²) in [4.78, 5) is 12.7. The summed E-state index contributed by atoms with van der Waals surface area (Å²) in [5.41, 5.74) is 4.20. The van der Waals surface area contributed by atoms with Crippen molar-refractivity contribution in [3.63, 3.8) is 0 Å². The number of aryl methyl sites for hydroxylation is 4. The van der Waals surface area contributed by atoms with E-state index in [2.05, 4.69) is 22.5 Å². The van der Waals surface area contributed by atoms with Crippen molar-refractivity contribution in [2.75, 3.05) is 0 Å². The minimum atomic E-state index is -0.285. The van der Waals surface area contributed by atoms with Gasteiger partial charge in [0.2, 0.25) is 0 Å². The monoisotopic (exact) mass is 382 g/mol. The third-order valence-electron chi connectivity index (χ3n) is 4.67. The number of hydrogen-bond acceptors (Lipinski definition) is 5. The number of ether oxygens (including phenoxy) is 1. The van der Waals surface area contributed by atoms with Crippen molar-refractivity contribution in [2.45, 2.75) is 53.8 Å². The van der Waals surface area contributed by atoms with Gasteiger partial charge in [-0.05, 0) is 63.9 Å². The highest BCUT2D eigenvalue weighted by atomic mass is 16.5. The van der Waals surface area contributed by atoms with Crippen LogP contribution in [0.5, 0.6) is 5.75 Å². The largest absolute Gasteiger partial charge is 0.489 e. The predicted molar refractivity (Wildman–Crippen MR) is 105 cm³/mol. The van der Waals surface area contributed by atoms with Crippen molar-refractivity contribution in [3.8, 4) is 5.75 Å². The van der Waals surface area contributed by atoms with Crippen LogP contribution in [-0.4, -0.2) is 26.9 Å². The average Bonchev–Trinajstić information content (AvgIpc) is 3.21. The number of hydrogen-bond donors (Lipinski definition) is 1. The molecule has 3 aromatic rings. The van der Waals surface area contributed by atoms with Gasteiger partial charge in [-0.3, -0.25) is 9.48 Å². The molecule has 0 saturated carbocycles. The summed E-state index contributed by atoms with van der Waals surface area (Å²) in [5, 5.41) is 11.2. The van der Waals surface area contributed by atoms with Crippen LogP contribution in [0.25, 0.3) is 0 Å². The van der Waals surface area contributed by atoms with Crippen LogP contribution in [0.1, 0.15) is 45.6 Å². The highest BCUT2D eigenvalue weighted by Crippen LogP contribution is 2.20. The van der Waals surface area contributed by atoms with E-state index in [9.17, 15) is 4.79 Å². The first-order valence-corrected chi connectivity index (χ1v) is 9.29. The van der Waals surface area contributed by atoms with Crippen molar-refractivity contribution in [2.24, 2.45) is 0 Å². The van der Waals surface area contributed by atoms with Gasteiger partial charge < -0.3 is 14.6 Å². The van der Waals surface area contributed by atoms with E-state index in [1.165, 1.54) is 5.56 Å². The van der Waals surface area contributed by atoms with Gasteiger partial charge >= 0.3 is 0 Å². The minimum absolute atomic E-state index is 0.114. The van der Waals surface area contributed by atoms with Crippen molar-refractivity contribution >= 4 is 5.91 Å². The number of nitrogens with one attached hydrogen (secondary N) is 1. The van der Waals surface area contributed by atoms with Gasteiger partial charge in [0.1, 0.15) is 18.1 Å². The van der Waals surface area contributed by atoms with E-state index < -0.39 is 0 Å². The number of benzene rings is 1. The number of carbonyl (C=O) groups is 1. The molecule has 0 fully saturated rings. The standard InChI is InChI=1S/C21H26N4O3/c1-13-6-7-18(10-14(13)2)27-12-19-17(5)28-24-20(19)21(26)22-16(4)11-25-9-8-15(3)23-25/h6-10,16H,11-12H2,1-5H3,(H,22,26). The summed E-state index contributed by atoms with van der Waals surface area (Å²) < 4.78 is 12.9. The predicted octanol–water partition coefficient (Wildman–Crippen LogP) is 3.50. The third kappa shape index (κ3) is 4.60. The molecule has 2 heterocycles. The molecule has 28 heavy (non-hydrogen) atoms. The highest BCUT2D eigenvalue weighted by molar-refractivity contribution is 5.93. The van der Waals surface area contributed by atoms with E-state index in [-0.39, 0.29) is 24.2 Å². The summed E-state index contributed by atoms with van der Waals surface area (Å²) in [7, 11) is 0. The van der Waals surface area contributed by atoms with Crippen LogP contribution in [-0.2, 0) is 13.2 Å². The summed E-state index contributed by atoms with van der Waals surface area (Å²) in [5.74, 6) is 1.04. The second-order valence-electron chi connectivity index (χ2n) is 7.15. The fourth-order valence-electron chi connectivity index (χ4n) is 2.88. The molecule has 0 saturated heterocycles. The van der Waals surface area contributed by atoms with Crippen LogP contribution in [0, 0.1) is 27.7 Å². The number of nitrogens with zero attached hydrogens (tertiary/aromatic N) is 3. The zero-order valence-corrected chi connectivity index (χ0v) is 16.9. The van der Waals surface area contributed by atoms with E-state index in [0.29, 0.717) is 17.9 Å². The Morgan fingerprint density at radius 1 is 1.21 bits per heavy atom. The molecule has 0 spiro atoms. The number of amides is 1. The molecule has 0 aliphatic heterocycles. The van der Waals surface area contributed by atoms with Crippen molar-refractivity contribution < 1.29 is 14.1 Å². The van der Waals surface area contributed by atoms with Gasteiger partial charge in [-0.1, -0.05) is 11.2 Å². The molecule has 148 valence electrons. The fraction of sp³-hybridized carbons (Fsp3) is 0.381. The molecular weight excluding hydrogens is 356 g/mol. The lowest BCUT2D eigenvalue weighted by Crippen LogP contribution is -2.36. The summed E-state index contributed by atoms with van der Waals surface area (Å²) in [6.07, 6.45) is 1.89. The topological polar surface area (TPSA) is 82.2 Å². The van der Waals surface area contributed by atoms with Gasteiger partial charge in [-0.25, -0.2) is 0 Å². The Balaban J connectivity index is 1.65. The molecule has 0 aliphatic rings. The molecule has 1 atom stereocenters. The molecule has 1 amide bonds. The van der Waals surface area contributed by atoms with Gasteiger partial charge in [0, 0.05) is 12.2 Å². The van der Waals surface area contributed by atoms with E-state index in [0.717, 1.165) is 17.0 Å². The molecule has 7 heteroatoms. The SMILES string of the molecule is Cc1ccn(CC(C)NC(=O)c2noc(C)c2COc2ccc(C)c(C)c2)n1.